The molecule has 17 heavy (non-hydrogen) atoms. The molecule has 3 N–H and O–H groups in total. The van der Waals surface area contributed by atoms with Crippen molar-refractivity contribution < 1.29 is 4.79 Å². The van der Waals surface area contributed by atoms with Crippen molar-refractivity contribution in [2.24, 2.45) is 5.73 Å². The van der Waals surface area contributed by atoms with E-state index < -0.39 is 5.91 Å². The Morgan fingerprint density at radius 1 is 1.35 bits per heavy atom. The minimum atomic E-state index is -0.471. The van der Waals surface area contributed by atoms with Gasteiger partial charge in [-0.1, -0.05) is 29.8 Å². The zero-order chi connectivity index (χ0) is 12.3. The summed E-state index contributed by atoms with van der Waals surface area (Å²) in [6.07, 6.45) is 4.64. The maximum atomic E-state index is 10.7. The molecule has 0 aliphatic carbocycles. The van der Waals surface area contributed by atoms with Crippen LogP contribution >= 0.6 is 0 Å². The first-order chi connectivity index (χ1) is 8.16. The van der Waals surface area contributed by atoms with Gasteiger partial charge in [0.25, 0.3) is 0 Å². The van der Waals surface area contributed by atoms with Crippen LogP contribution in [0.5, 0.6) is 0 Å². The van der Waals surface area contributed by atoms with Crippen LogP contribution in [0.3, 0.4) is 0 Å². The molecule has 1 aromatic heterocycles. The number of benzene rings is 1. The molecule has 1 aromatic carbocycles. The van der Waals surface area contributed by atoms with Gasteiger partial charge in [-0.25, -0.2) is 0 Å². The number of primary amides is 1. The number of nitrogens with zero attached hydrogens (tertiary/aromatic N) is 1. The maximum Gasteiger partial charge on any atom is 0.241 e. The lowest BCUT2D eigenvalue weighted by Crippen LogP contribution is -2.05. The number of H-pyrrole nitrogens is 1. The lowest BCUT2D eigenvalue weighted by atomic mass is 10.1. The molecule has 2 rings (SSSR count). The molecule has 0 aliphatic heterocycles. The Kier molecular flexibility index (Phi) is 3.05. The van der Waals surface area contributed by atoms with Gasteiger partial charge in [-0.2, -0.15) is 5.10 Å². The number of nitrogens with one attached hydrogen (secondary N) is 1. The highest BCUT2D eigenvalue weighted by atomic mass is 16.1. The zero-order valence-corrected chi connectivity index (χ0v) is 9.47. The number of carbonyl (C=O) groups is 1. The van der Waals surface area contributed by atoms with Gasteiger partial charge >= 0.3 is 0 Å². The van der Waals surface area contributed by atoms with Gasteiger partial charge in [-0.3, -0.25) is 9.89 Å². The third-order valence-electron chi connectivity index (χ3n) is 2.44. The molecule has 0 saturated heterocycles. The Morgan fingerprint density at radius 3 is 2.71 bits per heavy atom. The van der Waals surface area contributed by atoms with Crippen LogP contribution in [-0.4, -0.2) is 16.1 Å². The maximum absolute atomic E-state index is 10.7. The van der Waals surface area contributed by atoms with E-state index in [1.165, 1.54) is 11.6 Å². The van der Waals surface area contributed by atoms with Crippen LogP contribution < -0.4 is 5.73 Å². The summed E-state index contributed by atoms with van der Waals surface area (Å²) in [6, 6.07) is 8.06. The summed E-state index contributed by atoms with van der Waals surface area (Å²) < 4.78 is 0. The Hall–Kier alpha value is -2.36. The van der Waals surface area contributed by atoms with E-state index in [9.17, 15) is 4.79 Å². The minimum Gasteiger partial charge on any atom is -0.366 e. The van der Waals surface area contributed by atoms with Crippen LogP contribution in [0, 0.1) is 6.92 Å². The van der Waals surface area contributed by atoms with E-state index in [1.807, 2.05) is 31.2 Å². The van der Waals surface area contributed by atoms with Crippen molar-refractivity contribution in [2.45, 2.75) is 6.92 Å². The standard InChI is InChI=1S/C13H13N3O/c1-9-2-4-10(5-3-9)13-11(8-15-16-13)6-7-12(14)17/h2-8H,1H3,(H2,14,17)(H,15,16)/b7-6-. The molecule has 1 amide bonds. The SMILES string of the molecule is Cc1ccc(-c2[nH]ncc2/C=C\C(N)=O)cc1. The number of aromatic amines is 1. The van der Waals surface area contributed by atoms with Crippen LogP contribution in [0.15, 0.2) is 36.5 Å². The van der Waals surface area contributed by atoms with Crippen molar-refractivity contribution in [1.29, 1.82) is 0 Å². The van der Waals surface area contributed by atoms with Crippen LogP contribution in [0.4, 0.5) is 0 Å². The number of amides is 1. The van der Waals surface area contributed by atoms with Gasteiger partial charge in [0.15, 0.2) is 0 Å². The molecular formula is C13H13N3O. The molecule has 0 bridgehead atoms. The monoisotopic (exact) mass is 227 g/mol. The minimum absolute atomic E-state index is 0.471. The summed E-state index contributed by atoms with van der Waals surface area (Å²) >= 11 is 0. The molecular weight excluding hydrogens is 214 g/mol. The molecule has 0 saturated carbocycles. The second kappa shape index (κ2) is 4.65. The van der Waals surface area contributed by atoms with Crippen LogP contribution in [0.25, 0.3) is 17.3 Å². The normalized spacial score (nSPS) is 10.9. The van der Waals surface area contributed by atoms with E-state index in [4.69, 9.17) is 5.73 Å². The van der Waals surface area contributed by atoms with Crippen LogP contribution in [0.2, 0.25) is 0 Å². The lowest BCUT2D eigenvalue weighted by molar-refractivity contribution is -0.113. The number of carbonyl (C=O) groups excluding carboxylic acids is 1. The highest BCUT2D eigenvalue weighted by Gasteiger charge is 2.04. The molecule has 0 spiro atoms. The number of aryl methyl sites for hydroxylation is 1. The van der Waals surface area contributed by atoms with E-state index in [2.05, 4.69) is 10.2 Å². The van der Waals surface area contributed by atoms with Gasteiger partial charge in [-0.05, 0) is 13.0 Å². The largest absolute Gasteiger partial charge is 0.366 e. The topological polar surface area (TPSA) is 71.8 Å². The van der Waals surface area contributed by atoms with Crippen LogP contribution in [-0.2, 0) is 4.79 Å². The molecule has 0 unspecified atom stereocenters. The first-order valence-corrected chi connectivity index (χ1v) is 5.25. The Balaban J connectivity index is 2.36. The fourth-order valence-corrected chi connectivity index (χ4v) is 1.55. The van der Waals surface area contributed by atoms with E-state index in [0.717, 1.165) is 16.8 Å². The molecule has 0 radical (unpaired) electrons. The van der Waals surface area contributed by atoms with E-state index in [-0.39, 0.29) is 0 Å². The number of nitrogens with two attached hydrogens (primary N) is 1. The number of hydrogen-bond donors (Lipinski definition) is 2. The Labute approximate surface area is 99.2 Å². The van der Waals surface area contributed by atoms with Crippen molar-refractivity contribution in [2.75, 3.05) is 0 Å². The quantitative estimate of drug-likeness (QED) is 0.786. The molecule has 0 fully saturated rings. The first kappa shape index (κ1) is 11.1. The predicted molar refractivity (Wildman–Crippen MR) is 67.0 cm³/mol. The Morgan fingerprint density at radius 2 is 2.06 bits per heavy atom. The van der Waals surface area contributed by atoms with Gasteiger partial charge in [-0.15, -0.1) is 0 Å². The highest BCUT2D eigenvalue weighted by Crippen LogP contribution is 2.22. The molecule has 1 heterocycles. The van der Waals surface area contributed by atoms with Gasteiger partial charge in [0.05, 0.1) is 11.9 Å². The van der Waals surface area contributed by atoms with Crippen LogP contribution in [0.1, 0.15) is 11.1 Å². The third-order valence-corrected chi connectivity index (χ3v) is 2.44. The van der Waals surface area contributed by atoms with Crippen molar-refractivity contribution in [1.82, 2.24) is 10.2 Å². The second-order valence-electron chi connectivity index (χ2n) is 3.80. The van der Waals surface area contributed by atoms with Crippen molar-refractivity contribution >= 4 is 12.0 Å². The molecule has 0 aliphatic rings. The molecule has 0 atom stereocenters. The average Bonchev–Trinajstić information content (AvgIpc) is 2.75. The van der Waals surface area contributed by atoms with Crippen molar-refractivity contribution in [3.05, 3.63) is 47.7 Å². The van der Waals surface area contributed by atoms with Gasteiger partial charge in [0, 0.05) is 17.2 Å². The summed E-state index contributed by atoms with van der Waals surface area (Å²) in [4.78, 5) is 10.7. The number of hydrogen-bond acceptors (Lipinski definition) is 2. The molecule has 86 valence electrons. The summed E-state index contributed by atoms with van der Waals surface area (Å²) in [7, 11) is 0. The van der Waals surface area contributed by atoms with Gasteiger partial charge < -0.3 is 5.73 Å². The lowest BCUT2D eigenvalue weighted by Gasteiger charge is -2.00. The summed E-state index contributed by atoms with van der Waals surface area (Å²) in [5, 5.41) is 6.88. The summed E-state index contributed by atoms with van der Waals surface area (Å²) in [5.41, 5.74) is 9.00. The fourth-order valence-electron chi connectivity index (χ4n) is 1.55. The smallest absolute Gasteiger partial charge is 0.241 e. The molecule has 2 aromatic rings. The number of aromatic nitrogens is 2. The molecule has 4 nitrogen and oxygen atoms in total. The van der Waals surface area contributed by atoms with Crippen molar-refractivity contribution in [3.63, 3.8) is 0 Å². The van der Waals surface area contributed by atoms with Crippen molar-refractivity contribution in [3.8, 4) is 11.3 Å². The first-order valence-electron chi connectivity index (χ1n) is 5.25. The average molecular weight is 227 g/mol. The zero-order valence-electron chi connectivity index (χ0n) is 9.47. The summed E-state index contributed by atoms with van der Waals surface area (Å²) in [6.45, 7) is 2.03. The summed E-state index contributed by atoms with van der Waals surface area (Å²) in [5.74, 6) is -0.471. The van der Waals surface area contributed by atoms with Gasteiger partial charge in [0.2, 0.25) is 5.91 Å². The molecule has 4 heteroatoms. The fraction of sp³-hybridized carbons (Fsp3) is 0.0769. The van der Waals surface area contributed by atoms with Gasteiger partial charge in [0.1, 0.15) is 0 Å². The predicted octanol–water partition coefficient (Wildman–Crippen LogP) is 1.88. The van der Waals surface area contributed by atoms with E-state index in [1.54, 1.807) is 12.3 Å². The highest BCUT2D eigenvalue weighted by molar-refractivity contribution is 5.91. The second-order valence-corrected chi connectivity index (χ2v) is 3.80. The third kappa shape index (κ3) is 2.60. The van der Waals surface area contributed by atoms with E-state index >= 15 is 0 Å². The van der Waals surface area contributed by atoms with E-state index in [0.29, 0.717) is 0 Å². The Bertz CT molecular complexity index is 552. The number of rotatable bonds is 3.